The van der Waals surface area contributed by atoms with E-state index in [9.17, 15) is 5.11 Å². The molecule has 0 aliphatic heterocycles. The highest BCUT2D eigenvalue weighted by molar-refractivity contribution is 4.70. The summed E-state index contributed by atoms with van der Waals surface area (Å²) in [6.45, 7) is 8.72. The van der Waals surface area contributed by atoms with Crippen LogP contribution >= 0.6 is 0 Å². The van der Waals surface area contributed by atoms with Crippen LogP contribution in [0.25, 0.3) is 0 Å². The first-order valence-corrected chi connectivity index (χ1v) is 5.77. The quantitative estimate of drug-likeness (QED) is 0.622. The highest BCUT2D eigenvalue weighted by Gasteiger charge is 2.14. The minimum Gasteiger partial charge on any atom is -0.390 e. The smallest absolute Gasteiger partial charge is 0.0789 e. The van der Waals surface area contributed by atoms with E-state index in [1.54, 1.807) is 0 Å². The molecule has 86 valence electrons. The van der Waals surface area contributed by atoms with Gasteiger partial charge < -0.3 is 10.8 Å². The second-order valence-corrected chi connectivity index (χ2v) is 4.00. The highest BCUT2D eigenvalue weighted by Crippen LogP contribution is 2.06. The Labute approximate surface area is 88.3 Å². The van der Waals surface area contributed by atoms with Gasteiger partial charge >= 0.3 is 0 Å². The fourth-order valence-corrected chi connectivity index (χ4v) is 1.46. The van der Waals surface area contributed by atoms with E-state index in [1.165, 1.54) is 12.8 Å². The fourth-order valence-electron chi connectivity index (χ4n) is 1.46. The third-order valence-electron chi connectivity index (χ3n) is 2.73. The van der Waals surface area contributed by atoms with Crippen molar-refractivity contribution in [3.8, 4) is 0 Å². The lowest BCUT2D eigenvalue weighted by atomic mass is 10.1. The summed E-state index contributed by atoms with van der Waals surface area (Å²) in [6, 6.07) is 0.544. The summed E-state index contributed by atoms with van der Waals surface area (Å²) in [4.78, 5) is 2.33. The maximum atomic E-state index is 9.51. The van der Waals surface area contributed by atoms with Gasteiger partial charge in [0.15, 0.2) is 0 Å². The Morgan fingerprint density at radius 1 is 1.36 bits per heavy atom. The molecule has 2 atom stereocenters. The molecule has 14 heavy (non-hydrogen) atoms. The molecule has 0 radical (unpaired) electrons. The molecule has 0 aromatic rings. The van der Waals surface area contributed by atoms with Gasteiger partial charge in [0.05, 0.1) is 6.10 Å². The molecule has 3 heteroatoms. The van der Waals surface area contributed by atoms with Crippen molar-refractivity contribution >= 4 is 0 Å². The molecule has 0 bridgehead atoms. The molecule has 3 N–H and O–H groups in total. The zero-order chi connectivity index (χ0) is 11.0. The van der Waals surface area contributed by atoms with Crippen LogP contribution in [0.15, 0.2) is 0 Å². The highest BCUT2D eigenvalue weighted by atomic mass is 16.3. The third-order valence-corrected chi connectivity index (χ3v) is 2.73. The first-order chi connectivity index (χ1) is 6.65. The summed E-state index contributed by atoms with van der Waals surface area (Å²) in [5.41, 5.74) is 5.41. The Balaban J connectivity index is 3.96. The van der Waals surface area contributed by atoms with Crippen molar-refractivity contribution in [3.05, 3.63) is 0 Å². The second kappa shape index (κ2) is 8.21. The molecule has 2 unspecified atom stereocenters. The zero-order valence-electron chi connectivity index (χ0n) is 9.87. The number of unbranched alkanes of at least 4 members (excludes halogenated alkanes) is 1. The van der Waals surface area contributed by atoms with E-state index in [-0.39, 0.29) is 6.10 Å². The van der Waals surface area contributed by atoms with Gasteiger partial charge in [0.2, 0.25) is 0 Å². The Kier molecular flexibility index (Phi) is 8.14. The summed E-state index contributed by atoms with van der Waals surface area (Å²) in [5.74, 6) is 0. The lowest BCUT2D eigenvalue weighted by molar-refractivity contribution is 0.0938. The predicted molar refractivity (Wildman–Crippen MR) is 61.3 cm³/mol. The third kappa shape index (κ3) is 5.58. The number of hydrogen-bond donors (Lipinski definition) is 2. The number of aliphatic hydroxyl groups excluding tert-OH is 1. The van der Waals surface area contributed by atoms with Gasteiger partial charge in [0.1, 0.15) is 0 Å². The van der Waals surface area contributed by atoms with Crippen molar-refractivity contribution in [2.75, 3.05) is 19.6 Å². The first kappa shape index (κ1) is 13.9. The van der Waals surface area contributed by atoms with Gasteiger partial charge in [-0.3, -0.25) is 4.90 Å². The van der Waals surface area contributed by atoms with Gasteiger partial charge in [0, 0.05) is 19.1 Å². The van der Waals surface area contributed by atoms with Gasteiger partial charge in [0.25, 0.3) is 0 Å². The molecular formula is C11H26N2O. The van der Waals surface area contributed by atoms with Crippen LogP contribution in [0.2, 0.25) is 0 Å². The molecule has 0 aromatic carbocycles. The predicted octanol–water partition coefficient (Wildman–Crippen LogP) is 1.21. The SMILES string of the molecule is CCCCN(CC(O)CN)C(C)CC. The number of hydrogen-bond acceptors (Lipinski definition) is 3. The Morgan fingerprint density at radius 2 is 2.00 bits per heavy atom. The average molecular weight is 202 g/mol. The van der Waals surface area contributed by atoms with E-state index >= 15 is 0 Å². The summed E-state index contributed by atoms with van der Waals surface area (Å²) in [5, 5.41) is 9.51. The maximum absolute atomic E-state index is 9.51. The number of nitrogens with zero attached hydrogens (tertiary/aromatic N) is 1. The summed E-state index contributed by atoms with van der Waals surface area (Å²) in [6.07, 6.45) is 3.15. The largest absolute Gasteiger partial charge is 0.390 e. The molecular weight excluding hydrogens is 176 g/mol. The minimum absolute atomic E-state index is 0.360. The maximum Gasteiger partial charge on any atom is 0.0789 e. The van der Waals surface area contributed by atoms with Crippen LogP contribution in [0.3, 0.4) is 0 Å². The minimum atomic E-state index is -0.374. The molecule has 0 spiro atoms. The Morgan fingerprint density at radius 3 is 2.43 bits per heavy atom. The first-order valence-electron chi connectivity index (χ1n) is 5.77. The number of aliphatic hydroxyl groups is 1. The molecule has 0 fully saturated rings. The lowest BCUT2D eigenvalue weighted by Gasteiger charge is -2.29. The van der Waals surface area contributed by atoms with Crippen LogP contribution in [-0.4, -0.2) is 41.8 Å². The molecule has 0 heterocycles. The van der Waals surface area contributed by atoms with Gasteiger partial charge in [-0.2, -0.15) is 0 Å². The van der Waals surface area contributed by atoms with E-state index in [0.29, 0.717) is 19.1 Å². The van der Waals surface area contributed by atoms with E-state index in [4.69, 9.17) is 5.73 Å². The second-order valence-electron chi connectivity index (χ2n) is 4.00. The van der Waals surface area contributed by atoms with Gasteiger partial charge in [-0.25, -0.2) is 0 Å². The van der Waals surface area contributed by atoms with Gasteiger partial charge in [-0.05, 0) is 26.3 Å². The van der Waals surface area contributed by atoms with Crippen molar-refractivity contribution in [1.29, 1.82) is 0 Å². The van der Waals surface area contributed by atoms with Crippen LogP contribution < -0.4 is 5.73 Å². The topological polar surface area (TPSA) is 49.5 Å². The van der Waals surface area contributed by atoms with Crippen molar-refractivity contribution in [1.82, 2.24) is 4.90 Å². The van der Waals surface area contributed by atoms with E-state index in [1.807, 2.05) is 0 Å². The van der Waals surface area contributed by atoms with Gasteiger partial charge in [-0.15, -0.1) is 0 Å². The molecule has 0 amide bonds. The summed E-state index contributed by atoms with van der Waals surface area (Å²) >= 11 is 0. The fraction of sp³-hybridized carbons (Fsp3) is 1.00. The van der Waals surface area contributed by atoms with E-state index in [0.717, 1.165) is 13.0 Å². The molecule has 0 aromatic heterocycles. The van der Waals surface area contributed by atoms with Crippen LogP contribution in [0.4, 0.5) is 0 Å². The number of rotatable bonds is 8. The number of nitrogens with two attached hydrogens (primary N) is 1. The lowest BCUT2D eigenvalue weighted by Crippen LogP contribution is -2.41. The Bertz CT molecular complexity index is 130. The molecule has 0 rings (SSSR count). The van der Waals surface area contributed by atoms with Gasteiger partial charge in [-0.1, -0.05) is 20.3 Å². The molecule has 0 aliphatic carbocycles. The summed E-state index contributed by atoms with van der Waals surface area (Å²) < 4.78 is 0. The zero-order valence-corrected chi connectivity index (χ0v) is 9.87. The molecule has 3 nitrogen and oxygen atoms in total. The molecule has 0 saturated heterocycles. The Hall–Kier alpha value is -0.120. The van der Waals surface area contributed by atoms with E-state index in [2.05, 4.69) is 25.7 Å². The standard InChI is InChI=1S/C11H26N2O/c1-4-6-7-13(10(3)5-2)9-11(14)8-12/h10-11,14H,4-9,12H2,1-3H3. The van der Waals surface area contributed by atoms with Crippen molar-refractivity contribution in [2.45, 2.75) is 52.2 Å². The van der Waals surface area contributed by atoms with Crippen molar-refractivity contribution < 1.29 is 5.11 Å². The van der Waals surface area contributed by atoms with Crippen LogP contribution in [0, 0.1) is 0 Å². The monoisotopic (exact) mass is 202 g/mol. The van der Waals surface area contributed by atoms with E-state index < -0.39 is 0 Å². The molecule has 0 aliphatic rings. The van der Waals surface area contributed by atoms with Crippen LogP contribution in [0.1, 0.15) is 40.0 Å². The normalized spacial score (nSPS) is 15.9. The molecule has 0 saturated carbocycles. The average Bonchev–Trinajstić information content (AvgIpc) is 2.22. The van der Waals surface area contributed by atoms with Crippen molar-refractivity contribution in [3.63, 3.8) is 0 Å². The van der Waals surface area contributed by atoms with Crippen LogP contribution in [0.5, 0.6) is 0 Å². The summed E-state index contributed by atoms with van der Waals surface area (Å²) in [7, 11) is 0. The van der Waals surface area contributed by atoms with Crippen LogP contribution in [-0.2, 0) is 0 Å². The van der Waals surface area contributed by atoms with Crippen molar-refractivity contribution in [2.24, 2.45) is 5.73 Å².